The third-order valence-corrected chi connectivity index (χ3v) is 6.43. The molecule has 0 N–H and O–H groups in total. The lowest BCUT2D eigenvalue weighted by atomic mass is 10.1. The van der Waals surface area contributed by atoms with E-state index in [9.17, 15) is 9.18 Å². The molecule has 0 aliphatic carbocycles. The molecule has 0 saturated heterocycles. The van der Waals surface area contributed by atoms with E-state index in [-0.39, 0.29) is 17.0 Å². The number of rotatable bonds is 8. The summed E-state index contributed by atoms with van der Waals surface area (Å²) in [5.74, 6) is 0.355. The normalized spacial score (nSPS) is 11.8. The third-order valence-electron chi connectivity index (χ3n) is 5.31. The third kappa shape index (κ3) is 5.68. The van der Waals surface area contributed by atoms with Gasteiger partial charge in [0, 0.05) is 25.7 Å². The van der Waals surface area contributed by atoms with E-state index in [1.165, 1.54) is 23.9 Å². The highest BCUT2D eigenvalue weighted by Crippen LogP contribution is 2.27. The fraction of sp³-hybridized carbons (Fsp3) is 0.192. The molecule has 1 aromatic heterocycles. The Balaban J connectivity index is 1.52. The Kier molecular flexibility index (Phi) is 7.19. The highest BCUT2D eigenvalue weighted by Gasteiger charge is 2.24. The maximum atomic E-state index is 13.5. The van der Waals surface area contributed by atoms with Crippen molar-refractivity contribution in [3.05, 3.63) is 102 Å². The highest BCUT2D eigenvalue weighted by atomic mass is 32.2. The molecule has 1 atom stereocenters. The van der Waals surface area contributed by atoms with E-state index in [0.717, 1.165) is 16.7 Å². The van der Waals surface area contributed by atoms with Crippen LogP contribution in [0.5, 0.6) is 0 Å². The van der Waals surface area contributed by atoms with E-state index in [0.29, 0.717) is 24.1 Å². The summed E-state index contributed by atoms with van der Waals surface area (Å²) in [5, 5.41) is 8.80. The number of carbonyl (C=O) groups is 1. The Hall–Kier alpha value is -3.45. The molecule has 1 unspecified atom stereocenters. The van der Waals surface area contributed by atoms with Crippen molar-refractivity contribution >= 4 is 17.7 Å². The minimum absolute atomic E-state index is 0.0269. The van der Waals surface area contributed by atoms with Gasteiger partial charge < -0.3 is 9.47 Å². The van der Waals surface area contributed by atoms with Crippen LogP contribution in [-0.2, 0) is 24.9 Å². The van der Waals surface area contributed by atoms with Gasteiger partial charge in [-0.1, -0.05) is 72.4 Å². The van der Waals surface area contributed by atoms with Gasteiger partial charge in [0.2, 0.25) is 5.91 Å². The highest BCUT2D eigenvalue weighted by molar-refractivity contribution is 8.00. The first-order chi connectivity index (χ1) is 16.0. The molecule has 4 aromatic rings. The summed E-state index contributed by atoms with van der Waals surface area (Å²) in [7, 11) is 1.85. The Morgan fingerprint density at radius 1 is 0.909 bits per heavy atom. The zero-order valence-corrected chi connectivity index (χ0v) is 19.4. The molecule has 1 heterocycles. The Morgan fingerprint density at radius 3 is 2.00 bits per heavy atom. The average molecular weight is 461 g/mol. The van der Waals surface area contributed by atoms with Crippen LogP contribution in [0.25, 0.3) is 11.4 Å². The number of aromatic nitrogens is 3. The van der Waals surface area contributed by atoms with Gasteiger partial charge in [-0.25, -0.2) is 4.39 Å². The summed E-state index contributed by atoms with van der Waals surface area (Å²) in [6, 6.07) is 26.1. The van der Waals surface area contributed by atoms with E-state index in [1.807, 2.05) is 84.1 Å². The van der Waals surface area contributed by atoms with E-state index in [1.54, 1.807) is 12.1 Å². The number of nitrogens with zero attached hydrogens (tertiary/aromatic N) is 4. The standard InChI is InChI=1S/C26H25FN4OS/c1-19(33-26-29-28-24(30(26)2)22-13-15-23(27)16-14-22)25(32)31(17-20-9-5-3-6-10-20)18-21-11-7-4-8-12-21/h3-16,19H,17-18H2,1-2H3. The van der Waals surface area contributed by atoms with Crippen LogP contribution in [0.1, 0.15) is 18.1 Å². The fourth-order valence-electron chi connectivity index (χ4n) is 3.55. The SMILES string of the molecule is CC(Sc1nnc(-c2ccc(F)cc2)n1C)C(=O)N(Cc1ccccc1)Cc1ccccc1. The summed E-state index contributed by atoms with van der Waals surface area (Å²) in [6.07, 6.45) is 0. The molecule has 7 heteroatoms. The number of carbonyl (C=O) groups excluding carboxylic acids is 1. The second-order valence-corrected chi connectivity index (χ2v) is 9.11. The zero-order chi connectivity index (χ0) is 23.2. The van der Waals surface area contributed by atoms with Gasteiger partial charge in [-0.3, -0.25) is 4.79 Å². The van der Waals surface area contributed by atoms with Crippen molar-refractivity contribution in [1.29, 1.82) is 0 Å². The van der Waals surface area contributed by atoms with Crippen LogP contribution in [0.15, 0.2) is 90.1 Å². The van der Waals surface area contributed by atoms with Crippen LogP contribution in [-0.4, -0.2) is 30.8 Å². The first-order valence-corrected chi connectivity index (χ1v) is 11.6. The molecule has 0 fully saturated rings. The fourth-order valence-corrected chi connectivity index (χ4v) is 4.45. The van der Waals surface area contributed by atoms with E-state index < -0.39 is 0 Å². The summed E-state index contributed by atoms with van der Waals surface area (Å²) in [6.45, 7) is 2.94. The van der Waals surface area contributed by atoms with Crippen LogP contribution >= 0.6 is 11.8 Å². The van der Waals surface area contributed by atoms with Gasteiger partial charge in [0.1, 0.15) is 5.82 Å². The van der Waals surface area contributed by atoms with Crippen LogP contribution in [0.2, 0.25) is 0 Å². The number of amides is 1. The zero-order valence-electron chi connectivity index (χ0n) is 18.6. The maximum Gasteiger partial charge on any atom is 0.236 e. The number of thioether (sulfide) groups is 1. The molecular formula is C26H25FN4OS. The van der Waals surface area contributed by atoms with Gasteiger partial charge in [0.25, 0.3) is 0 Å². The quantitative estimate of drug-likeness (QED) is 0.334. The van der Waals surface area contributed by atoms with Gasteiger partial charge in [-0.15, -0.1) is 10.2 Å². The lowest BCUT2D eigenvalue weighted by molar-refractivity contribution is -0.131. The number of hydrogen-bond donors (Lipinski definition) is 0. The average Bonchev–Trinajstić information content (AvgIpc) is 3.20. The predicted octanol–water partition coefficient (Wildman–Crippen LogP) is 5.33. The molecular weight excluding hydrogens is 435 g/mol. The Bertz CT molecular complexity index is 1150. The van der Waals surface area contributed by atoms with Crippen molar-refractivity contribution in [1.82, 2.24) is 19.7 Å². The number of halogens is 1. The van der Waals surface area contributed by atoms with Crippen molar-refractivity contribution in [3.8, 4) is 11.4 Å². The molecule has 4 rings (SSSR count). The molecule has 5 nitrogen and oxygen atoms in total. The first-order valence-electron chi connectivity index (χ1n) is 10.7. The lowest BCUT2D eigenvalue weighted by Crippen LogP contribution is -2.35. The summed E-state index contributed by atoms with van der Waals surface area (Å²) in [4.78, 5) is 15.4. The van der Waals surface area contributed by atoms with Crippen LogP contribution in [0.3, 0.4) is 0 Å². The van der Waals surface area contributed by atoms with Crippen molar-refractivity contribution < 1.29 is 9.18 Å². The van der Waals surface area contributed by atoms with Crippen molar-refractivity contribution in [3.63, 3.8) is 0 Å². The van der Waals surface area contributed by atoms with Gasteiger partial charge in [-0.05, 0) is 42.3 Å². The summed E-state index contributed by atoms with van der Waals surface area (Å²) < 4.78 is 15.1. The smallest absolute Gasteiger partial charge is 0.236 e. The van der Waals surface area contributed by atoms with Gasteiger partial charge in [0.15, 0.2) is 11.0 Å². The van der Waals surface area contributed by atoms with Crippen LogP contribution in [0.4, 0.5) is 4.39 Å². The molecule has 168 valence electrons. The summed E-state index contributed by atoms with van der Waals surface area (Å²) >= 11 is 1.37. The molecule has 0 spiro atoms. The molecule has 0 bridgehead atoms. The largest absolute Gasteiger partial charge is 0.333 e. The van der Waals surface area contributed by atoms with Crippen LogP contribution < -0.4 is 0 Å². The van der Waals surface area contributed by atoms with Gasteiger partial charge in [0.05, 0.1) is 5.25 Å². The van der Waals surface area contributed by atoms with E-state index in [2.05, 4.69) is 10.2 Å². The molecule has 33 heavy (non-hydrogen) atoms. The molecule has 0 aliphatic rings. The monoisotopic (exact) mass is 460 g/mol. The van der Waals surface area contributed by atoms with Crippen molar-refractivity contribution in [2.24, 2.45) is 7.05 Å². The number of hydrogen-bond acceptors (Lipinski definition) is 4. The van der Waals surface area contributed by atoms with E-state index >= 15 is 0 Å². The molecule has 0 radical (unpaired) electrons. The molecule has 1 amide bonds. The van der Waals surface area contributed by atoms with Crippen molar-refractivity contribution in [2.75, 3.05) is 0 Å². The lowest BCUT2D eigenvalue weighted by Gasteiger charge is -2.26. The molecule has 3 aromatic carbocycles. The second-order valence-electron chi connectivity index (χ2n) is 7.80. The minimum atomic E-state index is -0.360. The maximum absolute atomic E-state index is 13.5. The van der Waals surface area contributed by atoms with Crippen molar-refractivity contribution in [2.45, 2.75) is 30.4 Å². The summed E-state index contributed by atoms with van der Waals surface area (Å²) in [5.41, 5.74) is 2.93. The van der Waals surface area contributed by atoms with Gasteiger partial charge in [-0.2, -0.15) is 0 Å². The minimum Gasteiger partial charge on any atom is -0.333 e. The Labute approximate surface area is 197 Å². The topological polar surface area (TPSA) is 51.0 Å². The van der Waals surface area contributed by atoms with E-state index in [4.69, 9.17) is 0 Å². The van der Waals surface area contributed by atoms with Gasteiger partial charge >= 0.3 is 0 Å². The molecule has 0 aliphatic heterocycles. The first kappa shape index (κ1) is 22.7. The number of benzene rings is 3. The predicted molar refractivity (Wildman–Crippen MR) is 129 cm³/mol. The van der Waals surface area contributed by atoms with Crippen LogP contribution in [0, 0.1) is 5.82 Å². The molecule has 0 saturated carbocycles. The second kappa shape index (κ2) is 10.4. The Morgan fingerprint density at radius 2 is 1.45 bits per heavy atom.